The molecule has 0 bridgehead atoms. The van der Waals surface area contributed by atoms with Gasteiger partial charge in [0.15, 0.2) is 5.82 Å². The van der Waals surface area contributed by atoms with E-state index in [4.69, 9.17) is 9.47 Å². The third-order valence-electron chi connectivity index (χ3n) is 6.85. The van der Waals surface area contributed by atoms with Crippen LogP contribution >= 0.6 is 0 Å². The summed E-state index contributed by atoms with van der Waals surface area (Å²) in [5.74, 6) is 1.35. The zero-order valence-electron chi connectivity index (χ0n) is 20.7. The summed E-state index contributed by atoms with van der Waals surface area (Å²) in [5.41, 5.74) is -1.03. The molecule has 0 radical (unpaired) electrons. The first-order chi connectivity index (χ1) is 17.7. The molecule has 200 valence electrons. The van der Waals surface area contributed by atoms with Crippen molar-refractivity contribution in [2.75, 3.05) is 33.9 Å². The second-order valence-corrected chi connectivity index (χ2v) is 9.79. The summed E-state index contributed by atoms with van der Waals surface area (Å²) in [6.07, 6.45) is 0.934. The first kappa shape index (κ1) is 25.4. The minimum absolute atomic E-state index is 0.0511. The van der Waals surface area contributed by atoms with E-state index >= 15 is 0 Å². The molecule has 2 aromatic heterocycles. The zero-order chi connectivity index (χ0) is 26.2. The van der Waals surface area contributed by atoms with E-state index in [0.29, 0.717) is 25.8 Å². The molecule has 1 unspecified atom stereocenters. The molecule has 5 rings (SSSR count). The molecule has 1 aliphatic carbocycles. The number of hydrogen-bond donors (Lipinski definition) is 0. The van der Waals surface area contributed by atoms with Gasteiger partial charge in [-0.05, 0) is 25.2 Å². The number of alkyl halides is 3. The lowest BCUT2D eigenvalue weighted by molar-refractivity contribution is -0.142. The minimum Gasteiger partial charge on any atom is -0.469 e. The second-order valence-electron chi connectivity index (χ2n) is 9.79. The van der Waals surface area contributed by atoms with Crippen LogP contribution in [0.5, 0.6) is 5.88 Å². The van der Waals surface area contributed by atoms with Crippen LogP contribution in [0.3, 0.4) is 0 Å². The van der Waals surface area contributed by atoms with Crippen LogP contribution in [-0.2, 0) is 24.0 Å². The highest BCUT2D eigenvalue weighted by atomic mass is 19.4. The van der Waals surface area contributed by atoms with Crippen molar-refractivity contribution in [3.05, 3.63) is 23.4 Å². The molecule has 1 saturated carbocycles. The molecule has 37 heavy (non-hydrogen) atoms. The Morgan fingerprint density at radius 3 is 2.76 bits per heavy atom. The van der Waals surface area contributed by atoms with Crippen molar-refractivity contribution < 1.29 is 27.4 Å². The molecule has 4 heterocycles. The Labute approximate surface area is 211 Å². The summed E-state index contributed by atoms with van der Waals surface area (Å²) in [6, 6.07) is -0.0511. The number of fused-ring (bicyclic) bond motifs is 1. The maximum Gasteiger partial charge on any atom is 0.423 e. The Bertz CT molecular complexity index is 1160. The summed E-state index contributed by atoms with van der Waals surface area (Å²) in [5, 5.41) is 8.80. The van der Waals surface area contributed by atoms with E-state index in [0.717, 1.165) is 37.3 Å². The fourth-order valence-corrected chi connectivity index (χ4v) is 4.84. The monoisotopic (exact) mass is 522 g/mol. The summed E-state index contributed by atoms with van der Waals surface area (Å²) < 4.78 is 52.5. The van der Waals surface area contributed by atoms with Crippen LogP contribution in [0, 0.1) is 5.92 Å². The molecule has 1 saturated heterocycles. The molecule has 2 atom stereocenters. The van der Waals surface area contributed by atoms with Gasteiger partial charge in [-0.1, -0.05) is 6.42 Å². The lowest BCUT2D eigenvalue weighted by Crippen LogP contribution is -2.44. The fraction of sp³-hybridized carbons (Fsp3) is 0.652. The Hall–Kier alpha value is -3.29. The number of urea groups is 1. The molecule has 2 aromatic rings. The van der Waals surface area contributed by atoms with E-state index in [1.165, 1.54) is 0 Å². The van der Waals surface area contributed by atoms with Gasteiger partial charge in [-0.2, -0.15) is 18.2 Å². The van der Waals surface area contributed by atoms with Gasteiger partial charge in [-0.3, -0.25) is 0 Å². The van der Waals surface area contributed by atoms with Crippen molar-refractivity contribution in [2.45, 2.75) is 57.0 Å². The average molecular weight is 523 g/mol. The smallest absolute Gasteiger partial charge is 0.423 e. The number of nitrogens with zero attached hydrogens (tertiary/aromatic N) is 8. The molecule has 2 fully saturated rings. The number of halogens is 3. The highest BCUT2D eigenvalue weighted by Crippen LogP contribution is 2.37. The van der Waals surface area contributed by atoms with Gasteiger partial charge in [0.25, 0.3) is 5.95 Å². The van der Waals surface area contributed by atoms with E-state index in [-0.39, 0.29) is 37.0 Å². The minimum atomic E-state index is -4.63. The predicted molar refractivity (Wildman–Crippen MR) is 125 cm³/mol. The van der Waals surface area contributed by atoms with Crippen molar-refractivity contribution >= 4 is 18.2 Å². The number of hydrogen-bond acceptors (Lipinski definition) is 8. The van der Waals surface area contributed by atoms with Crippen molar-refractivity contribution in [3.63, 3.8) is 0 Å². The molecular weight excluding hydrogens is 493 g/mol. The van der Waals surface area contributed by atoms with Gasteiger partial charge in [-0.25, -0.2) is 14.8 Å². The van der Waals surface area contributed by atoms with Crippen LogP contribution in [0.25, 0.3) is 0 Å². The first-order valence-corrected chi connectivity index (χ1v) is 12.3. The molecule has 0 spiro atoms. The number of rotatable bonds is 5. The van der Waals surface area contributed by atoms with E-state index < -0.39 is 23.7 Å². The largest absolute Gasteiger partial charge is 0.469 e. The predicted octanol–water partition coefficient (Wildman–Crippen LogP) is 3.04. The number of aromatic nitrogens is 5. The Morgan fingerprint density at radius 2 is 2.05 bits per heavy atom. The molecule has 14 heteroatoms. The first-order valence-electron chi connectivity index (χ1n) is 12.3. The SMILES string of the molecule is CN(C)C(=O)N1CCn2c(nnc2[C@H]2CCCC(/C=N/c3ncc(C(F)(F)F)c(OC4COC4)n3)C2)C1. The molecule has 2 amide bonds. The van der Waals surface area contributed by atoms with Crippen LogP contribution in [0.15, 0.2) is 11.2 Å². The van der Waals surface area contributed by atoms with Gasteiger partial charge in [-0.15, -0.1) is 10.2 Å². The van der Waals surface area contributed by atoms with Crippen LogP contribution in [0.2, 0.25) is 0 Å². The third-order valence-corrected chi connectivity index (χ3v) is 6.85. The van der Waals surface area contributed by atoms with E-state index in [2.05, 4.69) is 29.7 Å². The van der Waals surface area contributed by atoms with Gasteiger partial charge in [0.2, 0.25) is 5.88 Å². The second kappa shape index (κ2) is 10.2. The van der Waals surface area contributed by atoms with Gasteiger partial charge >= 0.3 is 12.2 Å². The van der Waals surface area contributed by atoms with Crippen molar-refractivity contribution in [1.82, 2.24) is 34.5 Å². The van der Waals surface area contributed by atoms with Gasteiger partial charge < -0.3 is 23.8 Å². The normalized spacial score (nSPS) is 22.6. The van der Waals surface area contributed by atoms with Crippen molar-refractivity contribution in [1.29, 1.82) is 0 Å². The molecular formula is C23H29F3N8O3. The van der Waals surface area contributed by atoms with Crippen molar-refractivity contribution in [3.8, 4) is 5.88 Å². The Morgan fingerprint density at radius 1 is 1.24 bits per heavy atom. The number of amides is 2. The number of carbonyl (C=O) groups excluding carboxylic acids is 1. The van der Waals surface area contributed by atoms with Gasteiger partial charge in [0, 0.05) is 45.5 Å². The van der Waals surface area contributed by atoms with E-state index in [9.17, 15) is 18.0 Å². The number of aliphatic imine (C=N–C) groups is 1. The summed E-state index contributed by atoms with van der Waals surface area (Å²) in [7, 11) is 3.45. The summed E-state index contributed by atoms with van der Waals surface area (Å²) >= 11 is 0. The Balaban J connectivity index is 1.27. The lowest BCUT2D eigenvalue weighted by Gasteiger charge is -2.32. The molecule has 0 N–H and O–H groups in total. The summed E-state index contributed by atoms with van der Waals surface area (Å²) in [6.45, 7) is 2.10. The van der Waals surface area contributed by atoms with E-state index in [1.807, 2.05) is 0 Å². The Kier molecular flexibility index (Phi) is 7.01. The van der Waals surface area contributed by atoms with Gasteiger partial charge in [0.05, 0.1) is 19.8 Å². The molecule has 3 aliphatic rings. The van der Waals surface area contributed by atoms with Crippen molar-refractivity contribution in [2.24, 2.45) is 10.9 Å². The van der Waals surface area contributed by atoms with Crippen LogP contribution in [-0.4, -0.2) is 86.7 Å². The zero-order valence-corrected chi connectivity index (χ0v) is 20.7. The summed E-state index contributed by atoms with van der Waals surface area (Å²) in [4.78, 5) is 27.6. The molecule has 0 aromatic carbocycles. The fourth-order valence-electron chi connectivity index (χ4n) is 4.84. The molecule has 2 aliphatic heterocycles. The van der Waals surface area contributed by atoms with E-state index in [1.54, 1.807) is 30.1 Å². The number of ether oxygens (including phenoxy) is 2. The highest BCUT2D eigenvalue weighted by Gasteiger charge is 2.38. The third kappa shape index (κ3) is 5.53. The molecule has 11 nitrogen and oxygen atoms in total. The highest BCUT2D eigenvalue weighted by molar-refractivity contribution is 5.73. The van der Waals surface area contributed by atoms with Crippen LogP contribution < -0.4 is 4.74 Å². The quantitative estimate of drug-likeness (QED) is 0.555. The van der Waals surface area contributed by atoms with Gasteiger partial charge in [0.1, 0.15) is 17.5 Å². The lowest BCUT2D eigenvalue weighted by atomic mass is 9.81. The van der Waals surface area contributed by atoms with Crippen LogP contribution in [0.1, 0.15) is 48.8 Å². The topological polar surface area (TPSA) is 111 Å². The maximum atomic E-state index is 13.4. The standard InChI is InChI=1S/C23H29F3N8O3/c1-32(2)22(35)33-6-7-34-18(11-33)30-31-19(34)15-5-3-4-14(8-15)9-27-21-28-10-17(23(24,25)26)20(29-21)37-16-12-36-13-16/h9-10,14-16H,3-8,11-13H2,1-2H3/b27-9+/t14?,15-/m0/s1. The number of carbonyl (C=O) groups is 1. The van der Waals surface area contributed by atoms with Crippen LogP contribution in [0.4, 0.5) is 23.9 Å². The maximum absolute atomic E-state index is 13.4. The average Bonchev–Trinajstić information content (AvgIpc) is 3.27.